The van der Waals surface area contributed by atoms with Gasteiger partial charge in [0.15, 0.2) is 11.9 Å². The van der Waals surface area contributed by atoms with Gasteiger partial charge in [0, 0.05) is 23.4 Å². The summed E-state index contributed by atoms with van der Waals surface area (Å²) in [4.78, 5) is 17.4. The molecule has 1 aromatic heterocycles. The van der Waals surface area contributed by atoms with Crippen LogP contribution in [0.3, 0.4) is 0 Å². The summed E-state index contributed by atoms with van der Waals surface area (Å²) in [6.45, 7) is 4.54. The van der Waals surface area contributed by atoms with Crippen LogP contribution in [0.4, 0.5) is 4.39 Å². The van der Waals surface area contributed by atoms with Crippen molar-refractivity contribution in [2.24, 2.45) is 0 Å². The molecule has 0 radical (unpaired) electrons. The second-order valence-electron chi connectivity index (χ2n) is 6.07. The van der Waals surface area contributed by atoms with E-state index in [0.717, 1.165) is 0 Å². The lowest BCUT2D eigenvalue weighted by Gasteiger charge is -2.21. The molecular weight excluding hydrogens is 367 g/mol. The van der Waals surface area contributed by atoms with E-state index in [1.165, 1.54) is 23.9 Å². The van der Waals surface area contributed by atoms with Gasteiger partial charge in [-0.2, -0.15) is 0 Å². The molecule has 0 N–H and O–H groups in total. The first-order chi connectivity index (χ1) is 13.2. The zero-order valence-corrected chi connectivity index (χ0v) is 15.3. The van der Waals surface area contributed by atoms with Gasteiger partial charge in [-0.25, -0.2) is 9.37 Å². The van der Waals surface area contributed by atoms with E-state index >= 15 is 0 Å². The molecule has 0 atom stereocenters. The second-order valence-corrected chi connectivity index (χ2v) is 7.01. The molecule has 0 spiro atoms. The molecule has 2 heterocycles. The summed E-state index contributed by atoms with van der Waals surface area (Å²) in [5.41, 5.74) is 1.92. The predicted octanol–water partition coefficient (Wildman–Crippen LogP) is 3.88. The van der Waals surface area contributed by atoms with Crippen LogP contribution in [0.1, 0.15) is 11.1 Å². The summed E-state index contributed by atoms with van der Waals surface area (Å²) in [6.07, 6.45) is 1.66. The van der Waals surface area contributed by atoms with Gasteiger partial charge in [0.1, 0.15) is 11.6 Å². The predicted molar refractivity (Wildman–Crippen MR) is 102 cm³/mol. The molecule has 2 aromatic carbocycles. The van der Waals surface area contributed by atoms with E-state index in [2.05, 4.69) is 11.6 Å². The minimum atomic E-state index is -0.339. The van der Waals surface area contributed by atoms with Gasteiger partial charge >= 0.3 is 0 Å². The van der Waals surface area contributed by atoms with E-state index in [0.29, 0.717) is 51.8 Å². The Bertz CT molecular complexity index is 1080. The van der Waals surface area contributed by atoms with Gasteiger partial charge in [0.05, 0.1) is 17.5 Å². The summed E-state index contributed by atoms with van der Waals surface area (Å²) in [6, 6.07) is 10.1. The van der Waals surface area contributed by atoms with Crippen molar-refractivity contribution in [2.75, 3.05) is 6.79 Å². The lowest BCUT2D eigenvalue weighted by atomic mass is 10.1. The lowest BCUT2D eigenvalue weighted by Crippen LogP contribution is -2.22. The molecule has 1 aliphatic rings. The van der Waals surface area contributed by atoms with Gasteiger partial charge in [-0.1, -0.05) is 30.0 Å². The van der Waals surface area contributed by atoms with Crippen molar-refractivity contribution in [1.29, 1.82) is 0 Å². The summed E-state index contributed by atoms with van der Waals surface area (Å²) < 4.78 is 26.3. The van der Waals surface area contributed by atoms with Crippen LogP contribution in [0.2, 0.25) is 0 Å². The Balaban J connectivity index is 1.72. The Kier molecular flexibility index (Phi) is 4.96. The molecule has 0 unspecified atom stereocenters. The van der Waals surface area contributed by atoms with Crippen molar-refractivity contribution in [1.82, 2.24) is 9.55 Å². The number of aromatic nitrogens is 2. The largest absolute Gasteiger partial charge is 0.467 e. The van der Waals surface area contributed by atoms with E-state index in [9.17, 15) is 9.18 Å². The normalized spacial score (nSPS) is 13.2. The fraction of sp³-hybridized carbons (Fsp3) is 0.200. The van der Waals surface area contributed by atoms with E-state index in [1.807, 2.05) is 18.2 Å². The van der Waals surface area contributed by atoms with Gasteiger partial charge in [0.2, 0.25) is 0 Å². The summed E-state index contributed by atoms with van der Waals surface area (Å²) >= 11 is 1.37. The highest BCUT2D eigenvalue weighted by Crippen LogP contribution is 2.33. The van der Waals surface area contributed by atoms with E-state index < -0.39 is 0 Å². The minimum absolute atomic E-state index is 0.117. The first-order valence-electron chi connectivity index (χ1n) is 8.42. The highest BCUT2D eigenvalue weighted by atomic mass is 32.2. The quantitative estimate of drug-likeness (QED) is 0.380. The van der Waals surface area contributed by atoms with Crippen molar-refractivity contribution < 1.29 is 13.9 Å². The maximum atomic E-state index is 13.9. The second kappa shape index (κ2) is 7.54. The van der Waals surface area contributed by atoms with Gasteiger partial charge in [-0.05, 0) is 24.3 Å². The Morgan fingerprint density at radius 2 is 2.19 bits per heavy atom. The third-order valence-electron chi connectivity index (χ3n) is 4.25. The molecule has 27 heavy (non-hydrogen) atoms. The van der Waals surface area contributed by atoms with Gasteiger partial charge < -0.3 is 9.47 Å². The Labute approximate surface area is 159 Å². The van der Waals surface area contributed by atoms with Gasteiger partial charge in [-0.15, -0.1) is 6.58 Å². The summed E-state index contributed by atoms with van der Waals surface area (Å²) in [5.74, 6) is 0.726. The molecule has 0 saturated heterocycles. The molecular formula is C20H17FN2O3S. The van der Waals surface area contributed by atoms with Crippen molar-refractivity contribution in [3.8, 4) is 5.75 Å². The summed E-state index contributed by atoms with van der Waals surface area (Å²) in [7, 11) is 0. The SMILES string of the molecule is C=CCn1c(SCc2cc(F)cc3c2OCOC3)nc2ccccc2c1=O. The third-order valence-corrected chi connectivity index (χ3v) is 5.27. The highest BCUT2D eigenvalue weighted by Gasteiger charge is 2.18. The standard InChI is InChI=1S/C20H17FN2O3S/c1-2-7-23-19(24)16-5-3-4-6-17(16)22-20(23)27-11-14-9-15(21)8-13-10-25-12-26-18(13)14/h2-6,8-9H,1,7,10-12H2. The average molecular weight is 384 g/mol. The number of fused-ring (bicyclic) bond motifs is 2. The Morgan fingerprint density at radius 1 is 1.33 bits per heavy atom. The number of benzene rings is 2. The summed E-state index contributed by atoms with van der Waals surface area (Å²) in [5, 5.41) is 1.12. The first kappa shape index (κ1) is 17.8. The van der Waals surface area contributed by atoms with Gasteiger partial charge in [-0.3, -0.25) is 9.36 Å². The number of ether oxygens (including phenoxy) is 2. The van der Waals surface area contributed by atoms with Crippen molar-refractivity contribution >= 4 is 22.7 Å². The fourth-order valence-electron chi connectivity index (χ4n) is 3.05. The maximum absolute atomic E-state index is 13.9. The molecule has 0 amide bonds. The zero-order chi connectivity index (χ0) is 18.8. The lowest BCUT2D eigenvalue weighted by molar-refractivity contribution is -0.0171. The number of allylic oxidation sites excluding steroid dienone is 1. The number of rotatable bonds is 5. The molecule has 0 bridgehead atoms. The number of thioether (sulfide) groups is 1. The molecule has 3 aromatic rings. The van der Waals surface area contributed by atoms with Crippen LogP contribution >= 0.6 is 11.8 Å². The first-order valence-corrected chi connectivity index (χ1v) is 9.41. The Hall–Kier alpha value is -2.64. The molecule has 4 rings (SSSR count). The number of hydrogen-bond acceptors (Lipinski definition) is 5. The van der Waals surface area contributed by atoms with Crippen LogP contribution in [-0.2, 0) is 23.6 Å². The molecule has 0 aliphatic carbocycles. The number of nitrogens with zero attached hydrogens (tertiary/aromatic N) is 2. The van der Waals surface area contributed by atoms with Crippen LogP contribution in [0.5, 0.6) is 5.75 Å². The van der Waals surface area contributed by atoms with E-state index in [-0.39, 0.29) is 18.2 Å². The molecule has 138 valence electrons. The molecule has 0 fully saturated rings. The number of hydrogen-bond donors (Lipinski definition) is 0. The van der Waals surface area contributed by atoms with Crippen LogP contribution in [0, 0.1) is 5.82 Å². The van der Waals surface area contributed by atoms with Crippen LogP contribution in [-0.4, -0.2) is 16.3 Å². The third kappa shape index (κ3) is 3.48. The van der Waals surface area contributed by atoms with Crippen molar-refractivity contribution in [3.63, 3.8) is 0 Å². The molecule has 0 saturated carbocycles. The van der Waals surface area contributed by atoms with Crippen molar-refractivity contribution in [2.45, 2.75) is 24.1 Å². The van der Waals surface area contributed by atoms with Crippen LogP contribution < -0.4 is 10.3 Å². The van der Waals surface area contributed by atoms with Gasteiger partial charge in [0.25, 0.3) is 5.56 Å². The molecule has 1 aliphatic heterocycles. The fourth-order valence-corrected chi connectivity index (χ4v) is 4.03. The zero-order valence-electron chi connectivity index (χ0n) is 14.5. The average Bonchev–Trinajstić information content (AvgIpc) is 2.68. The molecule has 5 nitrogen and oxygen atoms in total. The minimum Gasteiger partial charge on any atom is -0.467 e. The monoisotopic (exact) mass is 384 g/mol. The van der Waals surface area contributed by atoms with Crippen LogP contribution in [0.15, 0.2) is 59.0 Å². The smallest absolute Gasteiger partial charge is 0.262 e. The maximum Gasteiger partial charge on any atom is 0.262 e. The van der Waals surface area contributed by atoms with Crippen molar-refractivity contribution in [3.05, 3.63) is 76.4 Å². The molecule has 7 heteroatoms. The topological polar surface area (TPSA) is 53.4 Å². The number of para-hydroxylation sites is 1. The van der Waals surface area contributed by atoms with E-state index in [4.69, 9.17) is 9.47 Å². The van der Waals surface area contributed by atoms with Crippen LogP contribution in [0.25, 0.3) is 10.9 Å². The number of halogens is 1. The highest BCUT2D eigenvalue weighted by molar-refractivity contribution is 7.98. The van der Waals surface area contributed by atoms with E-state index in [1.54, 1.807) is 16.7 Å². The Morgan fingerprint density at radius 3 is 3.04 bits per heavy atom.